The Hall–Kier alpha value is -3.19. The average molecular weight is 580 g/mol. The zero-order valence-electron chi connectivity index (χ0n) is 22.3. The van der Waals surface area contributed by atoms with E-state index in [0.29, 0.717) is 19.0 Å². The Balaban J connectivity index is 1.44. The zero-order valence-corrected chi connectivity index (χ0v) is 23.9. The van der Waals surface area contributed by atoms with Crippen molar-refractivity contribution in [1.29, 1.82) is 0 Å². The number of fused-ring (bicyclic) bond motifs is 3. The van der Waals surface area contributed by atoms with Gasteiger partial charge >= 0.3 is 0 Å². The molecule has 0 radical (unpaired) electrons. The van der Waals surface area contributed by atoms with E-state index in [-0.39, 0.29) is 12.3 Å². The number of nitrogens with zero attached hydrogens (tertiary/aromatic N) is 2. The number of benzene rings is 3. The first kappa shape index (κ1) is 26.4. The lowest BCUT2D eigenvalue weighted by Gasteiger charge is -2.38. The molecule has 2 aliphatic heterocycles. The maximum absolute atomic E-state index is 6.57. The molecule has 0 amide bonds. The molecule has 0 saturated heterocycles. The smallest absolute Gasteiger partial charge is 0.214 e. The number of methoxy groups -OCH3 is 1. The van der Waals surface area contributed by atoms with Crippen molar-refractivity contribution >= 4 is 21.6 Å². The number of hydrogen-bond donors (Lipinski definition) is 0. The van der Waals surface area contributed by atoms with Gasteiger partial charge in [-0.15, -0.1) is 0 Å². The quantitative estimate of drug-likeness (QED) is 0.215. The highest BCUT2D eigenvalue weighted by atomic mass is 79.9. The summed E-state index contributed by atoms with van der Waals surface area (Å²) in [6, 6.07) is 20.5. The van der Waals surface area contributed by atoms with Crippen LogP contribution in [0.5, 0.6) is 23.0 Å². The van der Waals surface area contributed by atoms with Gasteiger partial charge in [0, 0.05) is 22.0 Å². The van der Waals surface area contributed by atoms with Crippen LogP contribution in [-0.4, -0.2) is 31.0 Å². The van der Waals surface area contributed by atoms with Gasteiger partial charge in [0.05, 0.1) is 32.1 Å². The Morgan fingerprint density at radius 3 is 2.55 bits per heavy atom. The van der Waals surface area contributed by atoms with E-state index in [2.05, 4.69) is 52.1 Å². The summed E-state index contributed by atoms with van der Waals surface area (Å²) >= 11 is 3.64. The predicted molar refractivity (Wildman–Crippen MR) is 153 cm³/mol. The molecule has 0 N–H and O–H groups in total. The third-order valence-electron chi connectivity index (χ3n) is 6.98. The van der Waals surface area contributed by atoms with Crippen LogP contribution in [-0.2, 0) is 0 Å². The summed E-state index contributed by atoms with van der Waals surface area (Å²) in [5.74, 6) is 3.19. The monoisotopic (exact) mass is 578 g/mol. The molecule has 2 heterocycles. The van der Waals surface area contributed by atoms with Crippen molar-refractivity contribution in [3.63, 3.8) is 0 Å². The van der Waals surface area contributed by atoms with Gasteiger partial charge in [0.2, 0.25) is 6.23 Å². The Bertz CT molecular complexity index is 1280. The molecule has 0 unspecified atom stereocenters. The summed E-state index contributed by atoms with van der Waals surface area (Å²) in [6.07, 6.45) is 5.05. The molecule has 0 bridgehead atoms. The van der Waals surface area contributed by atoms with Crippen molar-refractivity contribution in [1.82, 2.24) is 5.01 Å². The molecule has 0 fully saturated rings. The number of hydrazone groups is 1. The first-order valence-electron chi connectivity index (χ1n) is 13.5. The van der Waals surface area contributed by atoms with Crippen LogP contribution in [0.2, 0.25) is 0 Å². The highest BCUT2D eigenvalue weighted by Crippen LogP contribution is 2.49. The minimum atomic E-state index is -0.388. The number of hydrogen-bond acceptors (Lipinski definition) is 6. The third kappa shape index (κ3) is 5.63. The molecule has 0 saturated carbocycles. The fourth-order valence-electron chi connectivity index (χ4n) is 5.03. The van der Waals surface area contributed by atoms with Crippen LogP contribution in [0, 0.1) is 0 Å². The molecular formula is C31H35BrN2O4. The van der Waals surface area contributed by atoms with Crippen LogP contribution >= 0.6 is 15.9 Å². The van der Waals surface area contributed by atoms with Crippen molar-refractivity contribution in [2.24, 2.45) is 5.10 Å². The lowest BCUT2D eigenvalue weighted by molar-refractivity contribution is -0.0192. The molecule has 0 aromatic heterocycles. The largest absolute Gasteiger partial charge is 0.494 e. The molecule has 200 valence electrons. The lowest BCUT2D eigenvalue weighted by Crippen LogP contribution is -2.33. The number of rotatable bonds is 11. The maximum atomic E-state index is 6.57. The van der Waals surface area contributed by atoms with E-state index in [4.69, 9.17) is 24.0 Å². The predicted octanol–water partition coefficient (Wildman–Crippen LogP) is 8.06. The molecule has 0 aliphatic carbocycles. The number of halogens is 1. The van der Waals surface area contributed by atoms with E-state index < -0.39 is 0 Å². The molecule has 7 heteroatoms. The Morgan fingerprint density at radius 1 is 0.947 bits per heavy atom. The topological polar surface area (TPSA) is 52.5 Å². The lowest BCUT2D eigenvalue weighted by atomic mass is 9.96. The van der Waals surface area contributed by atoms with Crippen LogP contribution in [0.4, 0.5) is 0 Å². The molecule has 3 aromatic rings. The van der Waals surface area contributed by atoms with E-state index in [1.807, 2.05) is 43.3 Å². The summed E-state index contributed by atoms with van der Waals surface area (Å²) in [4.78, 5) is 0. The van der Waals surface area contributed by atoms with Crippen LogP contribution in [0.25, 0.3) is 0 Å². The van der Waals surface area contributed by atoms with Gasteiger partial charge in [0.25, 0.3) is 0 Å². The van der Waals surface area contributed by atoms with Gasteiger partial charge < -0.3 is 18.9 Å². The molecule has 38 heavy (non-hydrogen) atoms. The summed E-state index contributed by atoms with van der Waals surface area (Å²) in [6.45, 7) is 5.53. The Morgan fingerprint density at radius 2 is 1.79 bits per heavy atom. The fraction of sp³-hybridized carbons (Fsp3) is 0.387. The van der Waals surface area contributed by atoms with E-state index in [1.165, 1.54) is 19.3 Å². The summed E-state index contributed by atoms with van der Waals surface area (Å²) in [5.41, 5.74) is 4.20. The SMILES string of the molecule is CCCCCCOc1ccc([C@H]2Oc3ccc(Br)cc3[C@@H]3CC(c4ccc(OCC)cc4)=NN23)cc1OC. The molecular weight excluding hydrogens is 544 g/mol. The molecule has 2 atom stereocenters. The van der Waals surface area contributed by atoms with Gasteiger partial charge in [-0.25, -0.2) is 5.01 Å². The second-order valence-corrected chi connectivity index (χ2v) is 10.5. The molecule has 3 aromatic carbocycles. The van der Waals surface area contributed by atoms with Crippen molar-refractivity contribution in [2.45, 2.75) is 58.2 Å². The van der Waals surface area contributed by atoms with Crippen LogP contribution in [0.3, 0.4) is 0 Å². The molecule has 5 rings (SSSR count). The van der Waals surface area contributed by atoms with Crippen LogP contribution < -0.4 is 18.9 Å². The van der Waals surface area contributed by atoms with E-state index in [0.717, 1.165) is 57.0 Å². The number of unbranched alkanes of at least 4 members (excludes halogenated alkanes) is 3. The summed E-state index contributed by atoms with van der Waals surface area (Å²) in [7, 11) is 1.68. The zero-order chi connectivity index (χ0) is 26.5. The van der Waals surface area contributed by atoms with Crippen molar-refractivity contribution < 1.29 is 18.9 Å². The number of ether oxygens (including phenoxy) is 4. The van der Waals surface area contributed by atoms with Gasteiger partial charge in [0.1, 0.15) is 11.5 Å². The normalized spacial score (nSPS) is 17.8. The fourth-order valence-corrected chi connectivity index (χ4v) is 5.41. The highest BCUT2D eigenvalue weighted by Gasteiger charge is 2.41. The molecule has 0 spiro atoms. The Labute approximate surface area is 233 Å². The second kappa shape index (κ2) is 12.1. The van der Waals surface area contributed by atoms with Crippen LogP contribution in [0.15, 0.2) is 70.2 Å². The third-order valence-corrected chi connectivity index (χ3v) is 7.47. The van der Waals surface area contributed by atoms with Gasteiger partial charge in [-0.1, -0.05) is 42.1 Å². The summed E-state index contributed by atoms with van der Waals surface area (Å²) < 4.78 is 25.0. The second-order valence-electron chi connectivity index (χ2n) is 9.58. The van der Waals surface area contributed by atoms with E-state index >= 15 is 0 Å². The first-order chi connectivity index (χ1) is 18.6. The molecule has 6 nitrogen and oxygen atoms in total. The van der Waals surface area contributed by atoms with Gasteiger partial charge in [-0.2, -0.15) is 5.10 Å². The minimum absolute atomic E-state index is 0.0586. The average Bonchev–Trinajstić information content (AvgIpc) is 3.39. The maximum Gasteiger partial charge on any atom is 0.214 e. The minimum Gasteiger partial charge on any atom is -0.494 e. The standard InChI is InChI=1S/C31H35BrN2O4/c1-4-6-7-8-17-37-29-15-11-22(18-30(29)35-3)31-34-27(25-19-23(32)12-16-28(25)38-31)20-26(33-34)21-9-13-24(14-10-21)36-5-2/h9-16,18-19,27,31H,4-8,17,20H2,1-3H3/t27-,31+/m0/s1. The van der Waals surface area contributed by atoms with Gasteiger partial charge in [0.15, 0.2) is 11.5 Å². The van der Waals surface area contributed by atoms with Crippen molar-refractivity contribution in [3.05, 3.63) is 81.8 Å². The van der Waals surface area contributed by atoms with E-state index in [9.17, 15) is 0 Å². The molecule has 2 aliphatic rings. The van der Waals surface area contributed by atoms with Crippen LogP contribution in [0.1, 0.15) is 74.9 Å². The van der Waals surface area contributed by atoms with Crippen molar-refractivity contribution in [3.8, 4) is 23.0 Å². The summed E-state index contributed by atoms with van der Waals surface area (Å²) in [5, 5.41) is 7.18. The first-order valence-corrected chi connectivity index (χ1v) is 14.3. The highest BCUT2D eigenvalue weighted by molar-refractivity contribution is 9.10. The van der Waals surface area contributed by atoms with E-state index in [1.54, 1.807) is 7.11 Å². The van der Waals surface area contributed by atoms with Crippen molar-refractivity contribution in [2.75, 3.05) is 20.3 Å². The van der Waals surface area contributed by atoms with Gasteiger partial charge in [-0.3, -0.25) is 0 Å². The van der Waals surface area contributed by atoms with Gasteiger partial charge in [-0.05, 0) is 79.6 Å². The Kier molecular flexibility index (Phi) is 8.42.